The van der Waals surface area contributed by atoms with Crippen molar-refractivity contribution < 1.29 is 14.4 Å². The van der Waals surface area contributed by atoms with Crippen LogP contribution in [0.1, 0.15) is 11.1 Å². The summed E-state index contributed by atoms with van der Waals surface area (Å²) in [4.78, 5) is 20.5. The lowest BCUT2D eigenvalue weighted by atomic mass is 9.97. The summed E-state index contributed by atoms with van der Waals surface area (Å²) in [6.07, 6.45) is 1.75. The minimum atomic E-state index is -1.26. The summed E-state index contributed by atoms with van der Waals surface area (Å²) in [5.41, 5.74) is 6.08. The van der Waals surface area contributed by atoms with Crippen molar-refractivity contribution in [1.82, 2.24) is 5.48 Å². The number of rotatable bonds is 4. The molecule has 0 aliphatic carbocycles. The largest absolute Gasteiger partial charge is 0.457 e. The van der Waals surface area contributed by atoms with Crippen molar-refractivity contribution >= 4 is 58.2 Å². The van der Waals surface area contributed by atoms with E-state index in [1.165, 1.54) is 0 Å². The van der Waals surface area contributed by atoms with E-state index in [0.717, 1.165) is 16.8 Å². The highest BCUT2D eigenvalue weighted by Crippen LogP contribution is 2.52. The second-order valence-corrected chi connectivity index (χ2v) is 8.32. The Hall–Kier alpha value is -2.54. The van der Waals surface area contributed by atoms with Gasteiger partial charge in [-0.1, -0.05) is 71.2 Å². The van der Waals surface area contributed by atoms with E-state index in [1.54, 1.807) is 53.4 Å². The van der Waals surface area contributed by atoms with Gasteiger partial charge in [0.2, 0.25) is 0 Å². The standard InChI is InChI=1S/C23H15Cl3N2O3/c24-16-10-8-14(9-11-16)13-30-22(29)17-12-15-4-1-2-7-20(15)28(23(17)27-31-23)21-18(25)5-3-6-19(21)26/h1-12,27H,13H2. The highest BCUT2D eigenvalue weighted by atomic mass is 35.5. The second kappa shape index (κ2) is 7.86. The van der Waals surface area contributed by atoms with E-state index in [4.69, 9.17) is 44.4 Å². The average Bonchev–Trinajstić information content (AvgIpc) is 3.55. The van der Waals surface area contributed by atoms with E-state index in [9.17, 15) is 4.79 Å². The Labute approximate surface area is 193 Å². The van der Waals surface area contributed by atoms with Gasteiger partial charge in [-0.15, -0.1) is 5.48 Å². The molecule has 1 fully saturated rings. The Morgan fingerprint density at radius 3 is 2.32 bits per heavy atom. The molecule has 0 amide bonds. The van der Waals surface area contributed by atoms with Crippen LogP contribution in [0.3, 0.4) is 0 Å². The Bertz CT molecular complexity index is 1190. The number of halogens is 3. The number of benzene rings is 3. The number of ether oxygens (including phenoxy) is 1. The molecule has 0 aromatic heterocycles. The Balaban J connectivity index is 1.54. The molecule has 0 radical (unpaired) electrons. The molecule has 5 nitrogen and oxygen atoms in total. The van der Waals surface area contributed by atoms with Crippen LogP contribution in [0.15, 0.2) is 72.3 Å². The third-order valence-corrected chi connectivity index (χ3v) is 5.98. The maximum atomic E-state index is 13.1. The van der Waals surface area contributed by atoms with Crippen LogP contribution in [0.4, 0.5) is 11.4 Å². The van der Waals surface area contributed by atoms with Gasteiger partial charge in [0.05, 0.1) is 21.4 Å². The number of carbonyl (C=O) groups is 1. The number of esters is 1. The number of anilines is 2. The van der Waals surface area contributed by atoms with E-state index in [0.29, 0.717) is 20.8 Å². The molecule has 156 valence electrons. The Morgan fingerprint density at radius 2 is 1.65 bits per heavy atom. The number of nitrogens with one attached hydrogen (secondary N) is 1. The molecule has 3 aromatic carbocycles. The number of para-hydroxylation sites is 2. The molecule has 3 aromatic rings. The minimum Gasteiger partial charge on any atom is -0.457 e. The monoisotopic (exact) mass is 472 g/mol. The average molecular weight is 474 g/mol. The summed E-state index contributed by atoms with van der Waals surface area (Å²) in [7, 11) is 0. The smallest absolute Gasteiger partial charge is 0.340 e. The first-order chi connectivity index (χ1) is 15.0. The number of hydrogen-bond donors (Lipinski definition) is 1. The zero-order valence-electron chi connectivity index (χ0n) is 15.9. The van der Waals surface area contributed by atoms with Crippen LogP contribution in [0.2, 0.25) is 15.1 Å². The third-order valence-electron chi connectivity index (χ3n) is 5.12. The van der Waals surface area contributed by atoms with Gasteiger partial charge in [-0.25, -0.2) is 9.63 Å². The first-order valence-electron chi connectivity index (χ1n) is 9.42. The van der Waals surface area contributed by atoms with Crippen molar-refractivity contribution in [3.8, 4) is 0 Å². The van der Waals surface area contributed by atoms with Crippen molar-refractivity contribution in [1.29, 1.82) is 0 Å². The van der Waals surface area contributed by atoms with Crippen molar-refractivity contribution in [2.45, 2.75) is 12.5 Å². The molecule has 2 heterocycles. The van der Waals surface area contributed by atoms with Crippen LogP contribution in [0, 0.1) is 0 Å². The van der Waals surface area contributed by atoms with Crippen LogP contribution >= 0.6 is 34.8 Å². The van der Waals surface area contributed by atoms with Crippen LogP contribution in [-0.4, -0.2) is 11.8 Å². The molecular weight excluding hydrogens is 459 g/mol. The molecule has 2 aliphatic heterocycles. The zero-order valence-corrected chi connectivity index (χ0v) is 18.2. The number of nitrogens with zero attached hydrogens (tertiary/aromatic N) is 1. The Morgan fingerprint density at radius 1 is 0.968 bits per heavy atom. The fourth-order valence-electron chi connectivity index (χ4n) is 3.59. The topological polar surface area (TPSA) is 64.0 Å². The first-order valence-corrected chi connectivity index (χ1v) is 10.6. The van der Waals surface area contributed by atoms with Gasteiger partial charge >= 0.3 is 5.97 Å². The summed E-state index contributed by atoms with van der Waals surface area (Å²) < 4.78 is 5.58. The van der Waals surface area contributed by atoms with Gasteiger partial charge in [0.25, 0.3) is 5.85 Å². The molecule has 0 bridgehead atoms. The highest BCUT2D eigenvalue weighted by Gasteiger charge is 2.60. The van der Waals surface area contributed by atoms with Crippen molar-refractivity contribution in [3.05, 3.63) is 98.5 Å². The van der Waals surface area contributed by atoms with E-state index >= 15 is 0 Å². The molecule has 5 rings (SSSR count). The summed E-state index contributed by atoms with van der Waals surface area (Å²) in [6, 6.07) is 19.9. The van der Waals surface area contributed by atoms with Crippen LogP contribution < -0.4 is 10.4 Å². The number of fused-ring (bicyclic) bond motifs is 1. The molecule has 8 heteroatoms. The molecule has 1 saturated heterocycles. The first kappa shape index (κ1) is 20.4. The molecule has 1 N–H and O–H groups in total. The number of carbonyl (C=O) groups excluding carboxylic acids is 1. The fraction of sp³-hybridized carbons (Fsp3) is 0.0870. The van der Waals surface area contributed by atoms with Gasteiger partial charge in [0.1, 0.15) is 12.2 Å². The van der Waals surface area contributed by atoms with E-state index in [1.807, 2.05) is 24.3 Å². The SMILES string of the molecule is O=C(OCc1ccc(Cl)cc1)C1=Cc2ccccc2N(c2c(Cl)cccc2Cl)C12NO2. The van der Waals surface area contributed by atoms with Crippen molar-refractivity contribution in [3.63, 3.8) is 0 Å². The quantitative estimate of drug-likeness (QED) is 0.366. The molecule has 31 heavy (non-hydrogen) atoms. The van der Waals surface area contributed by atoms with E-state index < -0.39 is 11.8 Å². The normalized spacial score (nSPS) is 19.1. The van der Waals surface area contributed by atoms with Crippen LogP contribution in [0.25, 0.3) is 6.08 Å². The molecule has 2 aliphatic rings. The summed E-state index contributed by atoms with van der Waals surface area (Å²) >= 11 is 18.9. The summed E-state index contributed by atoms with van der Waals surface area (Å²) in [6.45, 7) is 0.0952. The van der Waals surface area contributed by atoms with Crippen LogP contribution in [-0.2, 0) is 21.0 Å². The lowest BCUT2D eigenvalue weighted by molar-refractivity contribution is -0.141. The lowest BCUT2D eigenvalue weighted by Gasteiger charge is -2.35. The van der Waals surface area contributed by atoms with Gasteiger partial charge in [0, 0.05) is 5.02 Å². The third kappa shape index (κ3) is 3.59. The molecule has 1 spiro atoms. The molecule has 1 unspecified atom stereocenters. The fourth-order valence-corrected chi connectivity index (χ4v) is 4.28. The molecular formula is C23H15Cl3N2O3. The Kier molecular flexibility index (Phi) is 5.16. The summed E-state index contributed by atoms with van der Waals surface area (Å²) in [5.74, 6) is -1.79. The zero-order chi connectivity index (χ0) is 21.6. The predicted molar refractivity (Wildman–Crippen MR) is 121 cm³/mol. The van der Waals surface area contributed by atoms with Crippen LogP contribution in [0.5, 0.6) is 0 Å². The van der Waals surface area contributed by atoms with Crippen molar-refractivity contribution in [2.75, 3.05) is 4.90 Å². The van der Waals surface area contributed by atoms with Gasteiger partial charge in [-0.2, -0.15) is 0 Å². The number of hydrogen-bond acceptors (Lipinski definition) is 5. The number of hydroxylamine groups is 1. The highest BCUT2D eigenvalue weighted by molar-refractivity contribution is 6.39. The molecule has 1 atom stereocenters. The van der Waals surface area contributed by atoms with Gasteiger partial charge < -0.3 is 4.74 Å². The van der Waals surface area contributed by atoms with E-state index in [-0.39, 0.29) is 12.2 Å². The van der Waals surface area contributed by atoms with Gasteiger partial charge in [-0.3, -0.25) is 4.90 Å². The lowest BCUT2D eigenvalue weighted by Crippen LogP contribution is -2.44. The van der Waals surface area contributed by atoms with Crippen molar-refractivity contribution in [2.24, 2.45) is 0 Å². The molecule has 0 saturated carbocycles. The van der Waals surface area contributed by atoms with Gasteiger partial charge in [-0.05, 0) is 47.5 Å². The summed E-state index contributed by atoms with van der Waals surface area (Å²) in [5, 5.41) is 1.47. The minimum absolute atomic E-state index is 0.0952. The predicted octanol–water partition coefficient (Wildman–Crippen LogP) is 6.11. The maximum Gasteiger partial charge on any atom is 0.340 e. The second-order valence-electron chi connectivity index (χ2n) is 7.07. The van der Waals surface area contributed by atoms with E-state index in [2.05, 4.69) is 5.48 Å². The maximum absolute atomic E-state index is 13.1. The van der Waals surface area contributed by atoms with Gasteiger partial charge in [0.15, 0.2) is 0 Å².